The highest BCUT2D eigenvalue weighted by Crippen LogP contribution is 2.15. The minimum atomic E-state index is -0.573. The molecule has 0 saturated carbocycles. The average molecular weight is 317 g/mol. The summed E-state index contributed by atoms with van der Waals surface area (Å²) in [5.74, 6) is -0.612. The van der Waals surface area contributed by atoms with E-state index in [1.54, 1.807) is 20.0 Å². The molecule has 1 aliphatic rings. The third-order valence-electron chi connectivity index (χ3n) is 4.03. The summed E-state index contributed by atoms with van der Waals surface area (Å²) in [6.45, 7) is 2.38. The SMILES string of the molecule is Cc1cc(C(=O)NC2CCCCNC2=O)c2c(=O)[nH]n(C)c2n1. The van der Waals surface area contributed by atoms with E-state index in [1.165, 1.54) is 4.68 Å². The van der Waals surface area contributed by atoms with Crippen LogP contribution in [0.15, 0.2) is 10.9 Å². The van der Waals surface area contributed by atoms with Crippen LogP contribution in [0.3, 0.4) is 0 Å². The number of carbonyl (C=O) groups is 2. The summed E-state index contributed by atoms with van der Waals surface area (Å²) in [5.41, 5.74) is 0.921. The molecule has 0 radical (unpaired) electrons. The van der Waals surface area contributed by atoms with Crippen molar-refractivity contribution in [2.45, 2.75) is 32.2 Å². The van der Waals surface area contributed by atoms with Gasteiger partial charge >= 0.3 is 0 Å². The number of fused-ring (bicyclic) bond motifs is 1. The van der Waals surface area contributed by atoms with Crippen LogP contribution in [0.2, 0.25) is 0 Å². The number of rotatable bonds is 2. The second-order valence-corrected chi connectivity index (χ2v) is 5.82. The summed E-state index contributed by atoms with van der Waals surface area (Å²) in [6.07, 6.45) is 2.35. The minimum Gasteiger partial charge on any atom is -0.354 e. The van der Waals surface area contributed by atoms with Crippen LogP contribution in [0.4, 0.5) is 0 Å². The third-order valence-corrected chi connectivity index (χ3v) is 4.03. The van der Waals surface area contributed by atoms with E-state index in [1.807, 2.05) is 0 Å². The number of nitrogens with one attached hydrogen (secondary N) is 3. The number of hydrogen-bond donors (Lipinski definition) is 3. The zero-order valence-corrected chi connectivity index (χ0v) is 13.1. The van der Waals surface area contributed by atoms with Crippen LogP contribution in [-0.2, 0) is 11.8 Å². The van der Waals surface area contributed by atoms with Gasteiger partial charge in [0.15, 0.2) is 5.65 Å². The minimum absolute atomic E-state index is 0.181. The van der Waals surface area contributed by atoms with Crippen LogP contribution in [0.5, 0.6) is 0 Å². The van der Waals surface area contributed by atoms with E-state index in [9.17, 15) is 14.4 Å². The molecule has 2 aromatic heterocycles. The highest BCUT2D eigenvalue weighted by atomic mass is 16.2. The number of nitrogens with zero attached hydrogens (tertiary/aromatic N) is 2. The van der Waals surface area contributed by atoms with Gasteiger partial charge in [-0.05, 0) is 32.3 Å². The van der Waals surface area contributed by atoms with Gasteiger partial charge in [0.05, 0.1) is 10.9 Å². The molecule has 0 aromatic carbocycles. The van der Waals surface area contributed by atoms with E-state index in [0.717, 1.165) is 12.8 Å². The smallest absolute Gasteiger partial charge is 0.274 e. The molecule has 3 rings (SSSR count). The van der Waals surface area contributed by atoms with Crippen molar-refractivity contribution in [3.8, 4) is 0 Å². The highest BCUT2D eigenvalue weighted by Gasteiger charge is 2.25. The standard InChI is InChI=1S/C15H19N5O3/c1-8-7-9(11-12(17-8)20(2)19-15(11)23)13(21)18-10-5-3-4-6-16-14(10)22/h7,10H,3-6H2,1-2H3,(H,16,22)(H,18,21)(H,19,23). The quantitative estimate of drug-likeness (QED) is 0.722. The Labute approximate surface area is 132 Å². The van der Waals surface area contributed by atoms with Gasteiger partial charge < -0.3 is 10.6 Å². The first-order valence-corrected chi connectivity index (χ1v) is 7.62. The van der Waals surface area contributed by atoms with Crippen molar-refractivity contribution < 1.29 is 9.59 Å². The monoisotopic (exact) mass is 317 g/mol. The van der Waals surface area contributed by atoms with Crippen LogP contribution >= 0.6 is 0 Å². The number of aromatic amines is 1. The summed E-state index contributed by atoms with van der Waals surface area (Å²) < 4.78 is 1.49. The predicted octanol–water partition coefficient (Wildman–Crippen LogP) is -0.0315. The number of aryl methyl sites for hydroxylation is 2. The molecule has 0 spiro atoms. The van der Waals surface area contributed by atoms with Gasteiger partial charge in [-0.15, -0.1) is 0 Å². The van der Waals surface area contributed by atoms with E-state index in [-0.39, 0.29) is 22.4 Å². The largest absolute Gasteiger partial charge is 0.354 e. The summed E-state index contributed by atoms with van der Waals surface area (Å²) in [6, 6.07) is 0.998. The van der Waals surface area contributed by atoms with E-state index >= 15 is 0 Å². The lowest BCUT2D eigenvalue weighted by Crippen LogP contribution is -2.45. The van der Waals surface area contributed by atoms with Crippen molar-refractivity contribution in [3.05, 3.63) is 27.7 Å². The van der Waals surface area contributed by atoms with E-state index < -0.39 is 11.9 Å². The zero-order chi connectivity index (χ0) is 16.6. The molecule has 1 unspecified atom stereocenters. The fourth-order valence-corrected chi connectivity index (χ4v) is 2.88. The molecule has 3 N–H and O–H groups in total. The lowest BCUT2D eigenvalue weighted by molar-refractivity contribution is -0.122. The number of pyridine rings is 1. The van der Waals surface area contributed by atoms with Crippen molar-refractivity contribution in [1.29, 1.82) is 0 Å². The first-order valence-electron chi connectivity index (χ1n) is 7.62. The molecule has 0 aliphatic carbocycles. The van der Waals surface area contributed by atoms with Crippen molar-refractivity contribution in [2.75, 3.05) is 6.54 Å². The van der Waals surface area contributed by atoms with Gasteiger partial charge in [-0.1, -0.05) is 0 Å². The Kier molecular flexibility index (Phi) is 3.89. The Balaban J connectivity index is 1.97. The van der Waals surface area contributed by atoms with Gasteiger partial charge in [0.25, 0.3) is 11.5 Å². The first-order chi connectivity index (χ1) is 11.0. The maximum atomic E-state index is 12.6. The molecule has 1 fully saturated rings. The van der Waals surface area contributed by atoms with Gasteiger partial charge in [0.2, 0.25) is 5.91 Å². The molecule has 122 valence electrons. The van der Waals surface area contributed by atoms with Crippen LogP contribution in [0, 0.1) is 6.92 Å². The van der Waals surface area contributed by atoms with Crippen LogP contribution < -0.4 is 16.2 Å². The lowest BCUT2D eigenvalue weighted by atomic mass is 10.1. The summed E-state index contributed by atoms with van der Waals surface area (Å²) >= 11 is 0. The predicted molar refractivity (Wildman–Crippen MR) is 84.2 cm³/mol. The number of amides is 2. The first kappa shape index (κ1) is 15.3. The van der Waals surface area contributed by atoms with Gasteiger partial charge in [-0.3, -0.25) is 24.2 Å². The Morgan fingerprint density at radius 2 is 2.17 bits per heavy atom. The van der Waals surface area contributed by atoms with Gasteiger partial charge in [0.1, 0.15) is 6.04 Å². The molecule has 1 aliphatic heterocycles. The molecule has 3 heterocycles. The van der Waals surface area contributed by atoms with E-state index in [0.29, 0.717) is 24.3 Å². The molecule has 23 heavy (non-hydrogen) atoms. The number of H-pyrrole nitrogens is 1. The molecule has 1 atom stereocenters. The fraction of sp³-hybridized carbons (Fsp3) is 0.467. The van der Waals surface area contributed by atoms with Crippen LogP contribution in [0.25, 0.3) is 11.0 Å². The second-order valence-electron chi connectivity index (χ2n) is 5.82. The molecule has 2 amide bonds. The molecule has 1 saturated heterocycles. The van der Waals surface area contributed by atoms with Gasteiger partial charge in [-0.2, -0.15) is 0 Å². The summed E-state index contributed by atoms with van der Waals surface area (Å²) in [5, 5.41) is 8.36. The molecule has 2 aromatic rings. The maximum Gasteiger partial charge on any atom is 0.274 e. The third kappa shape index (κ3) is 2.84. The van der Waals surface area contributed by atoms with Crippen molar-refractivity contribution in [2.24, 2.45) is 7.05 Å². The Morgan fingerprint density at radius 1 is 1.39 bits per heavy atom. The van der Waals surface area contributed by atoms with Gasteiger partial charge in [-0.25, -0.2) is 4.98 Å². The number of carbonyl (C=O) groups excluding carboxylic acids is 2. The summed E-state index contributed by atoms with van der Waals surface area (Å²) in [7, 11) is 1.66. The lowest BCUT2D eigenvalue weighted by Gasteiger charge is -2.15. The molecular weight excluding hydrogens is 298 g/mol. The highest BCUT2D eigenvalue weighted by molar-refractivity contribution is 6.06. The Hall–Kier alpha value is -2.64. The van der Waals surface area contributed by atoms with Crippen LogP contribution in [-0.4, -0.2) is 39.2 Å². The topological polar surface area (TPSA) is 109 Å². The fourth-order valence-electron chi connectivity index (χ4n) is 2.88. The van der Waals surface area contributed by atoms with Crippen molar-refractivity contribution >= 4 is 22.8 Å². The van der Waals surface area contributed by atoms with E-state index in [2.05, 4.69) is 20.7 Å². The molecule has 8 heteroatoms. The van der Waals surface area contributed by atoms with Crippen molar-refractivity contribution in [3.63, 3.8) is 0 Å². The van der Waals surface area contributed by atoms with Gasteiger partial charge in [0, 0.05) is 19.3 Å². The Bertz CT molecular complexity index is 835. The van der Waals surface area contributed by atoms with Crippen molar-refractivity contribution in [1.82, 2.24) is 25.4 Å². The normalized spacial score (nSPS) is 18.5. The maximum absolute atomic E-state index is 12.6. The van der Waals surface area contributed by atoms with E-state index in [4.69, 9.17) is 0 Å². The number of aromatic nitrogens is 3. The zero-order valence-electron chi connectivity index (χ0n) is 13.1. The molecular formula is C15H19N5O3. The van der Waals surface area contributed by atoms with Crippen LogP contribution in [0.1, 0.15) is 35.3 Å². The molecule has 0 bridgehead atoms. The Morgan fingerprint density at radius 3 is 2.96 bits per heavy atom. The number of hydrogen-bond acceptors (Lipinski definition) is 4. The summed E-state index contributed by atoms with van der Waals surface area (Å²) in [4.78, 5) is 41.0. The second kappa shape index (κ2) is 5.86. The average Bonchev–Trinajstić information content (AvgIpc) is 2.66. The molecule has 8 nitrogen and oxygen atoms in total.